The molecule has 0 N–H and O–H groups in total. The van der Waals surface area contributed by atoms with Gasteiger partial charge in [0, 0.05) is 33.1 Å². The highest BCUT2D eigenvalue weighted by Crippen LogP contribution is 2.22. The smallest absolute Gasteiger partial charge is 0.228 e. The Hall–Kier alpha value is -3.13. The summed E-state index contributed by atoms with van der Waals surface area (Å²) >= 11 is 0. The molecule has 3 rings (SSSR count). The molecule has 0 aromatic heterocycles. The predicted molar refractivity (Wildman–Crippen MR) is 97.6 cm³/mol. The van der Waals surface area contributed by atoms with E-state index in [4.69, 9.17) is 5.26 Å². The minimum atomic E-state index is -0.297. The van der Waals surface area contributed by atoms with Gasteiger partial charge in [0.1, 0.15) is 0 Å². The average Bonchev–Trinajstić information content (AvgIpc) is 3.03. The summed E-state index contributed by atoms with van der Waals surface area (Å²) in [4.78, 5) is 28.4. The molecule has 1 unspecified atom stereocenters. The van der Waals surface area contributed by atoms with Crippen molar-refractivity contribution in [3.8, 4) is 6.07 Å². The van der Waals surface area contributed by atoms with Crippen molar-refractivity contribution < 1.29 is 9.59 Å². The van der Waals surface area contributed by atoms with Crippen LogP contribution in [0.1, 0.15) is 23.1 Å². The maximum atomic E-state index is 12.7. The fourth-order valence-corrected chi connectivity index (χ4v) is 3.24. The van der Waals surface area contributed by atoms with Crippen molar-refractivity contribution in [3.05, 3.63) is 71.3 Å². The number of carbonyl (C=O) groups is 2. The summed E-state index contributed by atoms with van der Waals surface area (Å²) in [5, 5.41) is 8.85. The van der Waals surface area contributed by atoms with Crippen LogP contribution in [-0.4, -0.2) is 35.2 Å². The van der Waals surface area contributed by atoms with Crippen LogP contribution >= 0.6 is 0 Å². The monoisotopic (exact) mass is 347 g/mol. The quantitative estimate of drug-likeness (QED) is 0.835. The van der Waals surface area contributed by atoms with Crippen molar-refractivity contribution in [3.63, 3.8) is 0 Å². The molecule has 1 fully saturated rings. The largest absolute Gasteiger partial charge is 0.341 e. The second-order valence-corrected chi connectivity index (χ2v) is 6.66. The van der Waals surface area contributed by atoms with Gasteiger partial charge >= 0.3 is 0 Å². The van der Waals surface area contributed by atoms with E-state index in [1.165, 1.54) is 0 Å². The summed E-state index contributed by atoms with van der Waals surface area (Å²) in [6.07, 6.45) is 0.267. The maximum absolute atomic E-state index is 12.7. The van der Waals surface area contributed by atoms with Crippen LogP contribution in [0, 0.1) is 17.2 Å². The third-order valence-electron chi connectivity index (χ3n) is 4.66. The van der Waals surface area contributed by atoms with Gasteiger partial charge in [-0.05, 0) is 23.3 Å². The fraction of sp³-hybridized carbons (Fsp3) is 0.286. The standard InChI is InChI=1S/C21H21N3O2/c1-23(13-18-9-7-16(12-22)8-10-18)21(26)19-11-20(25)24(15-19)14-17-5-3-2-4-6-17/h2-10,19H,11,13-15H2,1H3. The minimum absolute atomic E-state index is 0.0155. The maximum Gasteiger partial charge on any atom is 0.228 e. The second-order valence-electron chi connectivity index (χ2n) is 6.66. The summed E-state index contributed by atoms with van der Waals surface area (Å²) in [5.74, 6) is -0.285. The molecule has 2 amide bonds. The first kappa shape index (κ1) is 17.7. The Balaban J connectivity index is 1.59. The molecule has 0 spiro atoms. The van der Waals surface area contributed by atoms with E-state index in [9.17, 15) is 9.59 Å². The van der Waals surface area contributed by atoms with Crippen molar-refractivity contribution >= 4 is 11.8 Å². The Morgan fingerprint density at radius 3 is 2.50 bits per heavy atom. The summed E-state index contributed by atoms with van der Waals surface area (Å²) in [5.41, 5.74) is 2.63. The third-order valence-corrected chi connectivity index (χ3v) is 4.66. The van der Waals surface area contributed by atoms with Crippen molar-refractivity contribution in [1.82, 2.24) is 9.80 Å². The van der Waals surface area contributed by atoms with E-state index in [1.54, 1.807) is 29.0 Å². The van der Waals surface area contributed by atoms with Gasteiger partial charge in [-0.3, -0.25) is 9.59 Å². The lowest BCUT2D eigenvalue weighted by Crippen LogP contribution is -2.34. The van der Waals surface area contributed by atoms with Crippen molar-refractivity contribution in [2.24, 2.45) is 5.92 Å². The van der Waals surface area contributed by atoms with Crippen LogP contribution < -0.4 is 0 Å². The third kappa shape index (κ3) is 4.09. The van der Waals surface area contributed by atoms with Crippen LogP contribution in [0.4, 0.5) is 0 Å². The molecule has 0 radical (unpaired) electrons. The summed E-state index contributed by atoms with van der Waals surface area (Å²) in [7, 11) is 1.75. The average molecular weight is 347 g/mol. The molecule has 2 aromatic rings. The van der Waals surface area contributed by atoms with Gasteiger partial charge < -0.3 is 9.80 Å². The number of benzene rings is 2. The molecule has 0 bridgehead atoms. The van der Waals surface area contributed by atoms with Crippen molar-refractivity contribution in [2.75, 3.05) is 13.6 Å². The normalized spacial score (nSPS) is 16.4. The van der Waals surface area contributed by atoms with E-state index in [1.807, 2.05) is 42.5 Å². The fourth-order valence-electron chi connectivity index (χ4n) is 3.24. The van der Waals surface area contributed by atoms with Gasteiger partial charge in [-0.2, -0.15) is 5.26 Å². The van der Waals surface area contributed by atoms with Gasteiger partial charge in [-0.25, -0.2) is 0 Å². The van der Waals surface area contributed by atoms with E-state index < -0.39 is 0 Å². The van der Waals surface area contributed by atoms with Crippen molar-refractivity contribution in [1.29, 1.82) is 5.26 Å². The van der Waals surface area contributed by atoms with Crippen LogP contribution in [0.15, 0.2) is 54.6 Å². The molecule has 0 aliphatic carbocycles. The minimum Gasteiger partial charge on any atom is -0.341 e. The number of likely N-dealkylation sites (tertiary alicyclic amines) is 1. The van der Waals surface area contributed by atoms with Crippen LogP contribution in [0.25, 0.3) is 0 Å². The van der Waals surface area contributed by atoms with E-state index >= 15 is 0 Å². The molecule has 26 heavy (non-hydrogen) atoms. The zero-order valence-electron chi connectivity index (χ0n) is 14.8. The molecule has 5 nitrogen and oxygen atoms in total. The lowest BCUT2D eigenvalue weighted by molar-refractivity contribution is -0.135. The van der Waals surface area contributed by atoms with Gasteiger partial charge in [-0.15, -0.1) is 0 Å². The Kier molecular flexibility index (Phi) is 5.33. The molecule has 1 heterocycles. The van der Waals surface area contributed by atoms with Gasteiger partial charge in [0.05, 0.1) is 17.6 Å². The number of amides is 2. The topological polar surface area (TPSA) is 64.4 Å². The molecule has 132 valence electrons. The zero-order valence-corrected chi connectivity index (χ0v) is 14.8. The van der Waals surface area contributed by atoms with Crippen LogP contribution in [-0.2, 0) is 22.7 Å². The Morgan fingerprint density at radius 1 is 1.15 bits per heavy atom. The molecular formula is C21H21N3O2. The summed E-state index contributed by atoms with van der Waals surface area (Å²) in [6, 6.07) is 19.1. The van der Waals surface area contributed by atoms with Gasteiger partial charge in [0.25, 0.3) is 0 Å². The lowest BCUT2D eigenvalue weighted by atomic mass is 10.1. The van der Waals surface area contributed by atoms with E-state index in [0.29, 0.717) is 25.2 Å². The number of carbonyl (C=O) groups excluding carboxylic acids is 2. The van der Waals surface area contributed by atoms with Crippen LogP contribution in [0.5, 0.6) is 0 Å². The van der Waals surface area contributed by atoms with E-state index in [2.05, 4.69) is 6.07 Å². The predicted octanol–water partition coefficient (Wildman–Crippen LogP) is 2.57. The molecule has 1 atom stereocenters. The summed E-state index contributed by atoms with van der Waals surface area (Å²) in [6.45, 7) is 1.47. The number of hydrogen-bond donors (Lipinski definition) is 0. The van der Waals surface area contributed by atoms with Gasteiger partial charge in [0.2, 0.25) is 11.8 Å². The highest BCUT2D eigenvalue weighted by Gasteiger charge is 2.35. The number of nitriles is 1. The molecule has 0 saturated carbocycles. The Morgan fingerprint density at radius 2 is 1.85 bits per heavy atom. The molecular weight excluding hydrogens is 326 g/mol. The molecule has 2 aromatic carbocycles. The zero-order chi connectivity index (χ0) is 18.5. The highest BCUT2D eigenvalue weighted by atomic mass is 16.2. The number of hydrogen-bond acceptors (Lipinski definition) is 3. The van der Waals surface area contributed by atoms with Crippen LogP contribution in [0.2, 0.25) is 0 Å². The Labute approximate surface area is 153 Å². The van der Waals surface area contributed by atoms with E-state index in [0.717, 1.165) is 11.1 Å². The molecule has 1 saturated heterocycles. The number of rotatable bonds is 5. The molecule has 5 heteroatoms. The molecule has 1 aliphatic rings. The first-order valence-corrected chi connectivity index (χ1v) is 8.62. The Bertz CT molecular complexity index is 825. The number of nitrogens with zero attached hydrogens (tertiary/aromatic N) is 3. The summed E-state index contributed by atoms with van der Waals surface area (Å²) < 4.78 is 0. The SMILES string of the molecule is CN(Cc1ccc(C#N)cc1)C(=O)C1CC(=O)N(Cc2ccccc2)C1. The van der Waals surface area contributed by atoms with Crippen molar-refractivity contribution in [2.45, 2.75) is 19.5 Å². The first-order chi connectivity index (χ1) is 12.6. The molecule has 1 aliphatic heterocycles. The van der Waals surface area contributed by atoms with E-state index in [-0.39, 0.29) is 24.2 Å². The second kappa shape index (κ2) is 7.83. The highest BCUT2D eigenvalue weighted by molar-refractivity contribution is 5.89. The van der Waals surface area contributed by atoms with Gasteiger partial charge in [0.15, 0.2) is 0 Å². The lowest BCUT2D eigenvalue weighted by Gasteiger charge is -2.21. The van der Waals surface area contributed by atoms with Gasteiger partial charge in [-0.1, -0.05) is 42.5 Å². The van der Waals surface area contributed by atoms with Crippen LogP contribution in [0.3, 0.4) is 0 Å². The first-order valence-electron chi connectivity index (χ1n) is 8.62.